The summed E-state index contributed by atoms with van der Waals surface area (Å²) >= 11 is 5.80. The summed E-state index contributed by atoms with van der Waals surface area (Å²) in [5.74, 6) is -0.311. The third kappa shape index (κ3) is 2.86. The van der Waals surface area contributed by atoms with Gasteiger partial charge in [-0.1, -0.05) is 49.9 Å². The summed E-state index contributed by atoms with van der Waals surface area (Å²) < 4.78 is 13.9. The van der Waals surface area contributed by atoms with Crippen LogP contribution >= 0.6 is 11.6 Å². The molecule has 0 heterocycles. The largest absolute Gasteiger partial charge is 0.327 e. The van der Waals surface area contributed by atoms with E-state index in [1.165, 1.54) is 19.3 Å². The molecule has 3 heteroatoms. The van der Waals surface area contributed by atoms with Gasteiger partial charge in [0.05, 0.1) is 5.02 Å². The van der Waals surface area contributed by atoms with Crippen molar-refractivity contribution in [3.05, 3.63) is 34.6 Å². The number of benzene rings is 1. The molecule has 0 amide bonds. The summed E-state index contributed by atoms with van der Waals surface area (Å²) in [6.07, 6.45) is 6.65. The normalized spacial score (nSPS) is 20.7. The lowest BCUT2D eigenvalue weighted by Gasteiger charge is -2.39. The quantitative estimate of drug-likeness (QED) is 0.869. The van der Waals surface area contributed by atoms with E-state index in [4.69, 9.17) is 17.3 Å². The number of rotatable bonds is 3. The van der Waals surface area contributed by atoms with E-state index in [0.717, 1.165) is 12.8 Å². The summed E-state index contributed by atoms with van der Waals surface area (Å²) in [4.78, 5) is 0. The second kappa shape index (κ2) is 5.58. The number of nitrogens with two attached hydrogens (primary N) is 1. The molecule has 2 rings (SSSR count). The van der Waals surface area contributed by atoms with Crippen LogP contribution < -0.4 is 5.73 Å². The van der Waals surface area contributed by atoms with Crippen LogP contribution in [0, 0.1) is 11.2 Å². The Bertz CT molecular complexity index is 413. The molecule has 1 saturated carbocycles. The molecule has 1 atom stereocenters. The molecule has 2 N–H and O–H groups in total. The number of halogens is 2. The van der Waals surface area contributed by atoms with Crippen LogP contribution in [-0.4, -0.2) is 6.04 Å². The molecule has 1 nitrogen and oxygen atoms in total. The molecular weight excluding hydrogens is 249 g/mol. The van der Waals surface area contributed by atoms with Crippen molar-refractivity contribution in [2.24, 2.45) is 11.1 Å². The molecule has 1 aromatic carbocycles. The van der Waals surface area contributed by atoms with Gasteiger partial charge in [-0.05, 0) is 36.3 Å². The molecule has 1 fully saturated rings. The Morgan fingerprint density at radius 1 is 1.33 bits per heavy atom. The van der Waals surface area contributed by atoms with Crippen molar-refractivity contribution >= 4 is 11.6 Å². The van der Waals surface area contributed by atoms with Crippen molar-refractivity contribution in [2.75, 3.05) is 0 Å². The zero-order valence-corrected chi connectivity index (χ0v) is 11.6. The highest BCUT2D eigenvalue weighted by atomic mass is 35.5. The molecule has 1 aromatic rings. The average molecular weight is 270 g/mol. The van der Waals surface area contributed by atoms with Crippen LogP contribution in [0.2, 0.25) is 5.02 Å². The number of hydrogen-bond acceptors (Lipinski definition) is 1. The van der Waals surface area contributed by atoms with E-state index in [2.05, 4.69) is 6.92 Å². The van der Waals surface area contributed by atoms with E-state index in [1.807, 2.05) is 0 Å². The van der Waals surface area contributed by atoms with Crippen molar-refractivity contribution in [2.45, 2.75) is 51.5 Å². The summed E-state index contributed by atoms with van der Waals surface area (Å²) in [5.41, 5.74) is 7.11. The fourth-order valence-corrected chi connectivity index (χ4v) is 3.11. The minimum atomic E-state index is -0.311. The fraction of sp³-hybridized carbons (Fsp3) is 0.600. The summed E-state index contributed by atoms with van der Waals surface area (Å²) in [7, 11) is 0. The molecule has 0 saturated heterocycles. The van der Waals surface area contributed by atoms with Gasteiger partial charge in [0, 0.05) is 6.04 Å². The Hall–Kier alpha value is -0.600. The molecule has 0 radical (unpaired) electrons. The first-order valence-electron chi connectivity index (χ1n) is 6.71. The topological polar surface area (TPSA) is 26.0 Å². The zero-order valence-electron chi connectivity index (χ0n) is 10.9. The van der Waals surface area contributed by atoms with E-state index in [1.54, 1.807) is 18.2 Å². The Balaban J connectivity index is 2.10. The Morgan fingerprint density at radius 3 is 2.67 bits per heavy atom. The smallest absolute Gasteiger partial charge is 0.145 e. The summed E-state index contributed by atoms with van der Waals surface area (Å²) in [6, 6.07) is 5.16. The van der Waals surface area contributed by atoms with Crippen molar-refractivity contribution in [1.82, 2.24) is 0 Å². The second-order valence-corrected chi connectivity index (χ2v) is 6.15. The van der Waals surface area contributed by atoms with Gasteiger partial charge in [-0.3, -0.25) is 0 Å². The van der Waals surface area contributed by atoms with Gasteiger partial charge in [0.1, 0.15) is 5.82 Å². The third-order valence-corrected chi connectivity index (χ3v) is 4.65. The first-order valence-corrected chi connectivity index (χ1v) is 7.09. The van der Waals surface area contributed by atoms with Gasteiger partial charge in [-0.2, -0.15) is 0 Å². The molecule has 0 aliphatic heterocycles. The minimum absolute atomic E-state index is 0.00534. The van der Waals surface area contributed by atoms with Crippen LogP contribution in [0.4, 0.5) is 4.39 Å². The van der Waals surface area contributed by atoms with Crippen molar-refractivity contribution in [3.8, 4) is 0 Å². The van der Waals surface area contributed by atoms with Gasteiger partial charge in [0.2, 0.25) is 0 Å². The average Bonchev–Trinajstić information content (AvgIpc) is 2.36. The van der Waals surface area contributed by atoms with E-state index >= 15 is 0 Å². The Morgan fingerprint density at radius 2 is 2.00 bits per heavy atom. The standard InChI is InChI=1S/C15H21ClFN/c1-15(8-3-2-4-9-15)13(18)10-11-6-5-7-12(16)14(11)17/h5-7,13H,2-4,8-10,18H2,1H3. The highest BCUT2D eigenvalue weighted by molar-refractivity contribution is 6.30. The molecule has 18 heavy (non-hydrogen) atoms. The number of hydrogen-bond donors (Lipinski definition) is 1. The molecule has 1 aliphatic carbocycles. The summed E-state index contributed by atoms with van der Waals surface area (Å²) in [6.45, 7) is 2.24. The lowest BCUT2D eigenvalue weighted by Crippen LogP contribution is -2.42. The van der Waals surface area contributed by atoms with E-state index in [9.17, 15) is 4.39 Å². The molecule has 0 spiro atoms. The van der Waals surface area contributed by atoms with Crippen LogP contribution in [0.3, 0.4) is 0 Å². The maximum absolute atomic E-state index is 13.9. The van der Waals surface area contributed by atoms with Crippen molar-refractivity contribution in [1.29, 1.82) is 0 Å². The van der Waals surface area contributed by atoms with Crippen LogP contribution in [0.5, 0.6) is 0 Å². The van der Waals surface area contributed by atoms with Crippen molar-refractivity contribution < 1.29 is 4.39 Å². The van der Waals surface area contributed by atoms with Crippen LogP contribution in [0.15, 0.2) is 18.2 Å². The molecule has 1 aliphatic rings. The van der Waals surface area contributed by atoms with Gasteiger partial charge in [-0.15, -0.1) is 0 Å². The van der Waals surface area contributed by atoms with E-state index in [0.29, 0.717) is 12.0 Å². The third-order valence-electron chi connectivity index (χ3n) is 4.36. The maximum Gasteiger partial charge on any atom is 0.145 e. The zero-order chi connectivity index (χ0) is 13.2. The predicted octanol–water partition coefficient (Wildman–Crippen LogP) is 4.32. The van der Waals surface area contributed by atoms with Gasteiger partial charge in [0.25, 0.3) is 0 Å². The van der Waals surface area contributed by atoms with Crippen LogP contribution in [0.1, 0.15) is 44.6 Å². The molecule has 100 valence electrons. The van der Waals surface area contributed by atoms with Gasteiger partial charge >= 0.3 is 0 Å². The first-order chi connectivity index (χ1) is 8.53. The first kappa shape index (κ1) is 13.8. The Labute approximate surface area is 114 Å². The van der Waals surface area contributed by atoms with E-state index < -0.39 is 0 Å². The molecular formula is C15H21ClFN. The van der Waals surface area contributed by atoms with Crippen molar-refractivity contribution in [3.63, 3.8) is 0 Å². The van der Waals surface area contributed by atoms with E-state index in [-0.39, 0.29) is 22.3 Å². The van der Waals surface area contributed by atoms with Gasteiger partial charge < -0.3 is 5.73 Å². The predicted molar refractivity (Wildman–Crippen MR) is 74.3 cm³/mol. The van der Waals surface area contributed by atoms with Gasteiger partial charge in [0.15, 0.2) is 0 Å². The summed E-state index contributed by atoms with van der Waals surface area (Å²) in [5, 5.41) is 0.188. The lowest BCUT2D eigenvalue weighted by atomic mass is 9.69. The Kier molecular flexibility index (Phi) is 4.29. The maximum atomic E-state index is 13.9. The lowest BCUT2D eigenvalue weighted by molar-refractivity contribution is 0.168. The van der Waals surface area contributed by atoms with Crippen LogP contribution in [0.25, 0.3) is 0 Å². The molecule has 1 unspecified atom stereocenters. The monoisotopic (exact) mass is 269 g/mol. The minimum Gasteiger partial charge on any atom is -0.327 e. The van der Waals surface area contributed by atoms with Crippen LogP contribution in [-0.2, 0) is 6.42 Å². The molecule has 0 aromatic heterocycles. The SMILES string of the molecule is CC1(C(N)Cc2cccc(Cl)c2F)CCCCC1. The highest BCUT2D eigenvalue weighted by Crippen LogP contribution is 2.39. The second-order valence-electron chi connectivity index (χ2n) is 5.74. The fourth-order valence-electron chi connectivity index (χ4n) is 2.92. The highest BCUT2D eigenvalue weighted by Gasteiger charge is 2.33. The molecule has 0 bridgehead atoms. The van der Waals surface area contributed by atoms with Gasteiger partial charge in [-0.25, -0.2) is 4.39 Å².